The summed E-state index contributed by atoms with van der Waals surface area (Å²) in [6, 6.07) is 3.21. The van der Waals surface area contributed by atoms with Gasteiger partial charge in [0.1, 0.15) is 5.76 Å². The highest BCUT2D eigenvalue weighted by Crippen LogP contribution is 2.44. The van der Waals surface area contributed by atoms with Crippen LogP contribution in [0.15, 0.2) is 21.6 Å². The SMILES string of the molecule is CC1(CNS(=O)(=O)c2ccc(CNC(C)(C)C)o2)CC1. The summed E-state index contributed by atoms with van der Waals surface area (Å²) in [4.78, 5) is 0. The zero-order chi connectivity index (χ0) is 15.0. The number of sulfonamides is 1. The fraction of sp³-hybridized carbons (Fsp3) is 0.714. The Labute approximate surface area is 121 Å². The Kier molecular flexibility index (Phi) is 4.01. The van der Waals surface area contributed by atoms with Crippen LogP contribution in [0.2, 0.25) is 0 Å². The van der Waals surface area contributed by atoms with Crippen molar-refractivity contribution in [3.8, 4) is 0 Å². The molecule has 114 valence electrons. The molecule has 5 nitrogen and oxygen atoms in total. The minimum atomic E-state index is -3.53. The van der Waals surface area contributed by atoms with Gasteiger partial charge in [-0.2, -0.15) is 0 Å². The lowest BCUT2D eigenvalue weighted by Gasteiger charge is -2.19. The molecule has 0 radical (unpaired) electrons. The second kappa shape index (κ2) is 5.16. The van der Waals surface area contributed by atoms with Gasteiger partial charge < -0.3 is 9.73 Å². The molecular formula is C14H24N2O3S. The lowest BCUT2D eigenvalue weighted by atomic mass is 10.1. The molecule has 0 aliphatic heterocycles. The fourth-order valence-corrected chi connectivity index (χ4v) is 2.83. The Balaban J connectivity index is 1.96. The van der Waals surface area contributed by atoms with Gasteiger partial charge in [-0.1, -0.05) is 6.92 Å². The van der Waals surface area contributed by atoms with Crippen molar-refractivity contribution >= 4 is 10.0 Å². The van der Waals surface area contributed by atoms with Gasteiger partial charge in [0.15, 0.2) is 0 Å². The average Bonchev–Trinajstić information content (AvgIpc) is 2.89. The van der Waals surface area contributed by atoms with Crippen LogP contribution in [-0.2, 0) is 16.6 Å². The number of furan rings is 1. The molecule has 2 N–H and O–H groups in total. The van der Waals surface area contributed by atoms with E-state index in [4.69, 9.17) is 4.42 Å². The van der Waals surface area contributed by atoms with Crippen LogP contribution < -0.4 is 10.0 Å². The van der Waals surface area contributed by atoms with Crippen LogP contribution in [0.1, 0.15) is 46.3 Å². The highest BCUT2D eigenvalue weighted by Gasteiger charge is 2.38. The molecule has 1 fully saturated rings. The molecule has 1 saturated carbocycles. The van der Waals surface area contributed by atoms with E-state index >= 15 is 0 Å². The summed E-state index contributed by atoms with van der Waals surface area (Å²) in [5, 5.41) is 3.25. The third-order valence-corrected chi connectivity index (χ3v) is 4.76. The summed E-state index contributed by atoms with van der Waals surface area (Å²) >= 11 is 0. The normalized spacial score (nSPS) is 18.2. The summed E-state index contributed by atoms with van der Waals surface area (Å²) in [5.74, 6) is 0.623. The molecule has 2 rings (SSSR count). The van der Waals surface area contributed by atoms with Crippen molar-refractivity contribution in [2.45, 2.75) is 57.7 Å². The maximum Gasteiger partial charge on any atom is 0.273 e. The molecular weight excluding hydrogens is 276 g/mol. The Morgan fingerprint density at radius 3 is 2.50 bits per heavy atom. The van der Waals surface area contributed by atoms with E-state index in [1.54, 1.807) is 6.07 Å². The van der Waals surface area contributed by atoms with Crippen LogP contribution in [-0.4, -0.2) is 20.5 Å². The maximum atomic E-state index is 12.1. The smallest absolute Gasteiger partial charge is 0.273 e. The van der Waals surface area contributed by atoms with Gasteiger partial charge in [-0.25, -0.2) is 13.1 Å². The minimum absolute atomic E-state index is 0.00698. The van der Waals surface area contributed by atoms with Crippen LogP contribution in [0.5, 0.6) is 0 Å². The lowest BCUT2D eigenvalue weighted by molar-refractivity contribution is 0.358. The summed E-state index contributed by atoms with van der Waals surface area (Å²) in [7, 11) is -3.53. The van der Waals surface area contributed by atoms with Gasteiger partial charge >= 0.3 is 0 Å². The first-order valence-electron chi connectivity index (χ1n) is 6.93. The number of hydrogen-bond donors (Lipinski definition) is 2. The average molecular weight is 300 g/mol. The maximum absolute atomic E-state index is 12.1. The van der Waals surface area contributed by atoms with Gasteiger partial charge in [0.25, 0.3) is 10.0 Å². The molecule has 20 heavy (non-hydrogen) atoms. The molecule has 1 aliphatic carbocycles. The Bertz CT molecular complexity index is 565. The predicted octanol–water partition coefficient (Wildman–Crippen LogP) is 2.25. The van der Waals surface area contributed by atoms with Crippen molar-refractivity contribution in [1.29, 1.82) is 0 Å². The first-order valence-corrected chi connectivity index (χ1v) is 8.41. The summed E-state index contributed by atoms with van der Waals surface area (Å²) in [6.07, 6.45) is 2.16. The molecule has 0 saturated heterocycles. The first-order chi connectivity index (χ1) is 9.10. The topological polar surface area (TPSA) is 71.3 Å². The monoisotopic (exact) mass is 300 g/mol. The van der Waals surface area contributed by atoms with Gasteiger partial charge in [0, 0.05) is 12.1 Å². The molecule has 0 aromatic carbocycles. The molecule has 0 unspecified atom stereocenters. The zero-order valence-corrected chi connectivity index (χ0v) is 13.4. The van der Waals surface area contributed by atoms with Gasteiger partial charge in [-0.3, -0.25) is 0 Å². The third kappa shape index (κ3) is 4.33. The quantitative estimate of drug-likeness (QED) is 0.845. The Hall–Kier alpha value is -0.850. The van der Waals surface area contributed by atoms with Crippen molar-refractivity contribution < 1.29 is 12.8 Å². The van der Waals surface area contributed by atoms with Gasteiger partial charge in [0.05, 0.1) is 6.54 Å². The van der Waals surface area contributed by atoms with Crippen LogP contribution >= 0.6 is 0 Å². The first kappa shape index (κ1) is 15.5. The van der Waals surface area contributed by atoms with Crippen molar-refractivity contribution in [3.63, 3.8) is 0 Å². The van der Waals surface area contributed by atoms with E-state index < -0.39 is 10.0 Å². The summed E-state index contributed by atoms with van der Waals surface area (Å²) in [6.45, 7) is 9.21. The van der Waals surface area contributed by atoms with Crippen LogP contribution in [0.4, 0.5) is 0 Å². The highest BCUT2D eigenvalue weighted by atomic mass is 32.2. The van der Waals surface area contributed by atoms with Gasteiger partial charge in [-0.05, 0) is 51.2 Å². The molecule has 1 heterocycles. The molecule has 0 bridgehead atoms. The molecule has 0 spiro atoms. The Morgan fingerprint density at radius 1 is 1.30 bits per heavy atom. The van der Waals surface area contributed by atoms with Crippen molar-refractivity contribution in [2.24, 2.45) is 5.41 Å². The van der Waals surface area contributed by atoms with E-state index in [-0.39, 0.29) is 16.0 Å². The lowest BCUT2D eigenvalue weighted by Crippen LogP contribution is -2.34. The number of nitrogens with one attached hydrogen (secondary N) is 2. The van der Waals surface area contributed by atoms with E-state index in [2.05, 4.69) is 17.0 Å². The van der Waals surface area contributed by atoms with Gasteiger partial charge in [-0.15, -0.1) is 0 Å². The predicted molar refractivity (Wildman–Crippen MR) is 77.8 cm³/mol. The molecule has 6 heteroatoms. The summed E-state index contributed by atoms with van der Waals surface area (Å²) in [5.41, 5.74) is 0.0981. The third-order valence-electron chi connectivity index (χ3n) is 3.49. The van der Waals surface area contributed by atoms with E-state index in [9.17, 15) is 8.42 Å². The van der Waals surface area contributed by atoms with E-state index in [0.717, 1.165) is 12.8 Å². The van der Waals surface area contributed by atoms with Crippen molar-refractivity contribution in [3.05, 3.63) is 17.9 Å². The summed E-state index contributed by atoms with van der Waals surface area (Å²) < 4.78 is 32.2. The van der Waals surface area contributed by atoms with E-state index in [1.165, 1.54) is 6.07 Å². The number of hydrogen-bond acceptors (Lipinski definition) is 4. The van der Waals surface area contributed by atoms with E-state index in [1.807, 2.05) is 20.8 Å². The van der Waals surface area contributed by atoms with Crippen LogP contribution in [0, 0.1) is 5.41 Å². The number of rotatable bonds is 6. The second-order valence-corrected chi connectivity index (χ2v) is 8.66. The highest BCUT2D eigenvalue weighted by molar-refractivity contribution is 7.89. The largest absolute Gasteiger partial charge is 0.447 e. The zero-order valence-electron chi connectivity index (χ0n) is 12.6. The standard InChI is InChI=1S/C14H24N2O3S/c1-13(2,3)15-9-11-5-6-12(19-11)20(17,18)16-10-14(4)7-8-14/h5-6,15-16H,7-10H2,1-4H3. The minimum Gasteiger partial charge on any atom is -0.447 e. The fourth-order valence-electron chi connectivity index (χ4n) is 1.68. The van der Waals surface area contributed by atoms with Crippen molar-refractivity contribution in [2.75, 3.05) is 6.54 Å². The van der Waals surface area contributed by atoms with Gasteiger partial charge in [0.2, 0.25) is 5.09 Å². The van der Waals surface area contributed by atoms with Crippen LogP contribution in [0.25, 0.3) is 0 Å². The van der Waals surface area contributed by atoms with E-state index in [0.29, 0.717) is 18.8 Å². The molecule has 0 amide bonds. The Morgan fingerprint density at radius 2 is 1.95 bits per heavy atom. The molecule has 1 aromatic heterocycles. The second-order valence-electron chi connectivity index (χ2n) is 6.96. The molecule has 1 aliphatic rings. The van der Waals surface area contributed by atoms with Crippen molar-refractivity contribution in [1.82, 2.24) is 10.0 Å². The molecule has 0 atom stereocenters. The molecule has 1 aromatic rings. The van der Waals surface area contributed by atoms with Crippen LogP contribution in [0.3, 0.4) is 0 Å².